The molecule has 0 saturated carbocycles. The zero-order valence-electron chi connectivity index (χ0n) is 21.6. The second-order valence-electron chi connectivity index (χ2n) is 9.09. The van der Waals surface area contributed by atoms with Crippen molar-refractivity contribution in [1.29, 1.82) is 0 Å². The number of hydrogen-bond donors (Lipinski definition) is 1. The quantitative estimate of drug-likeness (QED) is 0.298. The fourth-order valence-electron chi connectivity index (χ4n) is 4.57. The lowest BCUT2D eigenvalue weighted by Gasteiger charge is -2.30. The average molecular weight is 580 g/mol. The number of ether oxygens (including phenoxy) is 1. The normalized spacial score (nSPS) is 14.5. The largest absolute Gasteiger partial charge is 0.452 e. The SMILES string of the molecule is COC(=O)N1CCc2c(C(=O)NC(C)c3ccccn3)nn(-c3ccc(Cl)cc3Cl)c2/C1=C\c1ccc(F)cc1. The van der Waals surface area contributed by atoms with Gasteiger partial charge in [0.15, 0.2) is 5.69 Å². The van der Waals surface area contributed by atoms with Crippen molar-refractivity contribution in [3.63, 3.8) is 0 Å². The van der Waals surface area contributed by atoms with Gasteiger partial charge in [0.05, 0.1) is 40.9 Å². The van der Waals surface area contributed by atoms with E-state index in [0.717, 1.165) is 0 Å². The lowest BCUT2D eigenvalue weighted by Crippen LogP contribution is -2.36. The molecule has 11 heteroatoms. The van der Waals surface area contributed by atoms with E-state index in [-0.39, 0.29) is 12.2 Å². The Hall–Kier alpha value is -4.21. The van der Waals surface area contributed by atoms with Crippen LogP contribution in [0.1, 0.15) is 46.0 Å². The third-order valence-electron chi connectivity index (χ3n) is 6.50. The summed E-state index contributed by atoms with van der Waals surface area (Å²) in [6.45, 7) is 2.06. The molecule has 8 nitrogen and oxygen atoms in total. The number of nitrogens with one attached hydrogen (secondary N) is 1. The Morgan fingerprint density at radius 3 is 2.58 bits per heavy atom. The number of carbonyl (C=O) groups is 2. The molecule has 0 radical (unpaired) electrons. The van der Waals surface area contributed by atoms with Crippen molar-refractivity contribution in [2.24, 2.45) is 0 Å². The molecule has 204 valence electrons. The number of methoxy groups -OCH3 is 1. The van der Waals surface area contributed by atoms with Gasteiger partial charge in [-0.3, -0.25) is 14.7 Å². The fraction of sp³-hybridized carbons (Fsp3) is 0.172. The van der Waals surface area contributed by atoms with Crippen LogP contribution in [0.4, 0.5) is 9.18 Å². The van der Waals surface area contributed by atoms with Crippen molar-refractivity contribution in [2.75, 3.05) is 13.7 Å². The molecule has 0 aliphatic carbocycles. The predicted molar refractivity (Wildman–Crippen MR) is 151 cm³/mol. The van der Waals surface area contributed by atoms with E-state index < -0.39 is 23.9 Å². The standard InChI is InChI=1S/C29H24Cl2FN5O3/c1-17(23-5-3-4-13-33-23)34-28(38)26-21-12-14-36(29(39)40-2)25(15-18-6-9-20(32)10-7-18)27(21)37(35-26)24-11-8-19(30)16-22(24)31/h3-11,13,15-17H,12,14H2,1-2H3,(H,34,38)/b25-15+. The smallest absolute Gasteiger partial charge is 0.414 e. The van der Waals surface area contributed by atoms with Crippen LogP contribution in [0.5, 0.6) is 0 Å². The molecular formula is C29H24Cl2FN5O3. The summed E-state index contributed by atoms with van der Waals surface area (Å²) in [6.07, 6.45) is 3.10. The van der Waals surface area contributed by atoms with Crippen LogP contribution in [0.25, 0.3) is 17.5 Å². The molecule has 1 N–H and O–H groups in total. The van der Waals surface area contributed by atoms with Crippen molar-refractivity contribution in [3.8, 4) is 5.69 Å². The van der Waals surface area contributed by atoms with Crippen LogP contribution in [-0.4, -0.2) is 45.3 Å². The molecule has 1 unspecified atom stereocenters. The molecule has 4 aromatic rings. The predicted octanol–water partition coefficient (Wildman–Crippen LogP) is 6.33. The van der Waals surface area contributed by atoms with Gasteiger partial charge in [-0.1, -0.05) is 41.4 Å². The first kappa shape index (κ1) is 27.4. The number of halogens is 3. The first-order chi connectivity index (χ1) is 19.3. The van der Waals surface area contributed by atoms with Gasteiger partial charge < -0.3 is 10.1 Å². The maximum absolute atomic E-state index is 13.7. The van der Waals surface area contributed by atoms with Crippen LogP contribution in [-0.2, 0) is 11.2 Å². The summed E-state index contributed by atoms with van der Waals surface area (Å²) in [6, 6.07) is 15.8. The number of hydrogen-bond acceptors (Lipinski definition) is 5. The molecule has 2 aromatic carbocycles. The number of benzene rings is 2. The molecule has 1 aliphatic rings. The molecule has 0 saturated heterocycles. The molecule has 40 heavy (non-hydrogen) atoms. The average Bonchev–Trinajstić information content (AvgIpc) is 3.34. The van der Waals surface area contributed by atoms with Gasteiger partial charge in [-0.2, -0.15) is 5.10 Å². The third kappa shape index (κ3) is 5.43. The summed E-state index contributed by atoms with van der Waals surface area (Å²) >= 11 is 12.7. The second-order valence-corrected chi connectivity index (χ2v) is 9.93. The number of nitrogens with zero attached hydrogens (tertiary/aromatic N) is 4. The molecule has 1 aliphatic heterocycles. The van der Waals surface area contributed by atoms with Gasteiger partial charge in [-0.25, -0.2) is 13.9 Å². The molecule has 1 atom stereocenters. The highest BCUT2D eigenvalue weighted by Crippen LogP contribution is 2.37. The van der Waals surface area contributed by atoms with Crippen molar-refractivity contribution >= 4 is 47.0 Å². The van der Waals surface area contributed by atoms with Crippen molar-refractivity contribution in [1.82, 2.24) is 25.0 Å². The molecule has 2 amide bonds. The molecular weight excluding hydrogens is 556 g/mol. The van der Waals surface area contributed by atoms with Crippen molar-refractivity contribution < 1.29 is 18.7 Å². The lowest BCUT2D eigenvalue weighted by atomic mass is 9.99. The number of rotatable bonds is 5. The number of aromatic nitrogens is 3. The highest BCUT2D eigenvalue weighted by atomic mass is 35.5. The van der Waals surface area contributed by atoms with Gasteiger partial charge in [-0.05, 0) is 67.4 Å². The zero-order valence-corrected chi connectivity index (χ0v) is 23.1. The van der Waals surface area contributed by atoms with Gasteiger partial charge in [0.25, 0.3) is 5.91 Å². The second kappa shape index (κ2) is 11.5. The van der Waals surface area contributed by atoms with Crippen LogP contribution in [0.15, 0.2) is 66.9 Å². The number of pyridine rings is 1. The number of fused-ring (bicyclic) bond motifs is 1. The molecule has 5 rings (SSSR count). The first-order valence-corrected chi connectivity index (χ1v) is 13.1. The summed E-state index contributed by atoms with van der Waals surface area (Å²) < 4.78 is 20.2. The van der Waals surface area contributed by atoms with E-state index in [9.17, 15) is 14.0 Å². The Balaban J connectivity index is 1.69. The van der Waals surface area contributed by atoms with Gasteiger partial charge in [0.1, 0.15) is 5.82 Å². The minimum Gasteiger partial charge on any atom is -0.452 e. The summed E-state index contributed by atoms with van der Waals surface area (Å²) in [7, 11) is 1.29. The topological polar surface area (TPSA) is 89.3 Å². The van der Waals surface area contributed by atoms with E-state index in [1.54, 1.807) is 48.7 Å². The van der Waals surface area contributed by atoms with Crippen molar-refractivity contribution in [3.05, 3.63) is 111 Å². The van der Waals surface area contributed by atoms with E-state index in [1.165, 1.54) is 28.8 Å². The summed E-state index contributed by atoms with van der Waals surface area (Å²) in [5.74, 6) is -0.804. The Morgan fingerprint density at radius 1 is 1.12 bits per heavy atom. The summed E-state index contributed by atoms with van der Waals surface area (Å²) in [5, 5.41) is 8.39. The number of amides is 2. The van der Waals surface area contributed by atoms with Crippen LogP contribution in [0.2, 0.25) is 10.0 Å². The monoisotopic (exact) mass is 579 g/mol. The van der Waals surface area contributed by atoms with Gasteiger partial charge in [-0.15, -0.1) is 0 Å². The first-order valence-electron chi connectivity index (χ1n) is 12.4. The minimum atomic E-state index is -0.594. The van der Waals surface area contributed by atoms with E-state index in [0.29, 0.717) is 50.4 Å². The van der Waals surface area contributed by atoms with Gasteiger partial charge in [0, 0.05) is 23.3 Å². The fourth-order valence-corrected chi connectivity index (χ4v) is 5.05. The highest BCUT2D eigenvalue weighted by molar-refractivity contribution is 6.35. The molecule has 3 heterocycles. The van der Waals surface area contributed by atoms with Gasteiger partial charge in [0.2, 0.25) is 0 Å². The lowest BCUT2D eigenvalue weighted by molar-refractivity contribution is 0.0932. The minimum absolute atomic E-state index is 0.179. The van der Waals surface area contributed by atoms with E-state index in [2.05, 4.69) is 10.3 Å². The number of carbonyl (C=O) groups excluding carboxylic acids is 2. The Morgan fingerprint density at radius 2 is 1.90 bits per heavy atom. The third-order valence-corrected chi connectivity index (χ3v) is 7.04. The maximum Gasteiger partial charge on any atom is 0.414 e. The van der Waals surface area contributed by atoms with E-state index in [4.69, 9.17) is 33.0 Å². The molecule has 0 spiro atoms. The zero-order chi connectivity index (χ0) is 28.4. The van der Waals surface area contributed by atoms with E-state index >= 15 is 0 Å². The van der Waals surface area contributed by atoms with Crippen LogP contribution < -0.4 is 5.32 Å². The van der Waals surface area contributed by atoms with Crippen LogP contribution in [0, 0.1) is 5.82 Å². The summed E-state index contributed by atoms with van der Waals surface area (Å²) in [5.41, 5.74) is 3.46. The Bertz CT molecular complexity index is 1610. The van der Waals surface area contributed by atoms with E-state index in [1.807, 2.05) is 19.1 Å². The molecule has 0 bridgehead atoms. The van der Waals surface area contributed by atoms with Crippen molar-refractivity contribution in [2.45, 2.75) is 19.4 Å². The van der Waals surface area contributed by atoms with Gasteiger partial charge >= 0.3 is 6.09 Å². The Labute approximate surface area is 240 Å². The highest BCUT2D eigenvalue weighted by Gasteiger charge is 2.35. The Kier molecular flexibility index (Phi) is 7.86. The van der Waals surface area contributed by atoms with Crippen LogP contribution in [0.3, 0.4) is 0 Å². The maximum atomic E-state index is 13.7. The molecule has 0 fully saturated rings. The van der Waals surface area contributed by atoms with Crippen LogP contribution >= 0.6 is 23.2 Å². The molecule has 2 aromatic heterocycles. The summed E-state index contributed by atoms with van der Waals surface area (Å²) in [4.78, 5) is 32.3.